The molecule has 0 saturated carbocycles. The fourth-order valence-electron chi connectivity index (χ4n) is 2.90. The Morgan fingerprint density at radius 2 is 2.15 bits per heavy atom. The number of fused-ring (bicyclic) bond motifs is 1. The monoisotopic (exact) mass is 404 g/mol. The lowest BCUT2D eigenvalue weighted by atomic mass is 10.3. The molecule has 0 fully saturated rings. The van der Waals surface area contributed by atoms with E-state index in [1.54, 1.807) is 22.5 Å². The molecule has 27 heavy (non-hydrogen) atoms. The van der Waals surface area contributed by atoms with E-state index in [-0.39, 0.29) is 5.91 Å². The predicted molar refractivity (Wildman–Crippen MR) is 112 cm³/mol. The zero-order valence-electron chi connectivity index (χ0n) is 16.1. The van der Waals surface area contributed by atoms with Crippen molar-refractivity contribution in [3.8, 4) is 5.75 Å². The van der Waals surface area contributed by atoms with Crippen LogP contribution in [0, 0.1) is 6.92 Å². The van der Waals surface area contributed by atoms with Crippen LogP contribution in [-0.4, -0.2) is 38.9 Å². The highest BCUT2D eigenvalue weighted by atomic mass is 32.2. The Kier molecular flexibility index (Phi) is 6.38. The standard InChI is InChI=1S/C19H24N4O2S2/c1-5-23-16(11-13(3)21-23)18(24)20-19-22(9-10-26-4)15-8-7-14(25-6-2)12-17(15)27-19/h7-8,11-12H,5-6,9-10H2,1-4H3. The van der Waals surface area contributed by atoms with E-state index in [1.165, 1.54) is 11.3 Å². The summed E-state index contributed by atoms with van der Waals surface area (Å²) in [6.45, 7) is 7.89. The third-order valence-electron chi connectivity index (χ3n) is 4.10. The highest BCUT2D eigenvalue weighted by Gasteiger charge is 2.14. The first-order valence-electron chi connectivity index (χ1n) is 8.96. The second-order valence-corrected chi connectivity index (χ2v) is 7.99. The van der Waals surface area contributed by atoms with Gasteiger partial charge in [0.25, 0.3) is 5.91 Å². The summed E-state index contributed by atoms with van der Waals surface area (Å²) in [6, 6.07) is 7.82. The van der Waals surface area contributed by atoms with E-state index < -0.39 is 0 Å². The summed E-state index contributed by atoms with van der Waals surface area (Å²) in [6.07, 6.45) is 2.08. The maximum Gasteiger partial charge on any atom is 0.297 e. The summed E-state index contributed by atoms with van der Waals surface area (Å²) >= 11 is 3.29. The number of amides is 1. The van der Waals surface area contributed by atoms with Gasteiger partial charge in [-0.2, -0.15) is 21.9 Å². The Morgan fingerprint density at radius 1 is 1.33 bits per heavy atom. The molecule has 0 N–H and O–H groups in total. The highest BCUT2D eigenvalue weighted by molar-refractivity contribution is 7.98. The van der Waals surface area contributed by atoms with Gasteiger partial charge >= 0.3 is 0 Å². The van der Waals surface area contributed by atoms with Gasteiger partial charge in [0.15, 0.2) is 4.80 Å². The van der Waals surface area contributed by atoms with Crippen LogP contribution in [0.5, 0.6) is 5.75 Å². The van der Waals surface area contributed by atoms with Crippen molar-refractivity contribution >= 4 is 39.2 Å². The molecule has 1 amide bonds. The van der Waals surface area contributed by atoms with Crippen LogP contribution >= 0.6 is 23.1 Å². The molecule has 6 nitrogen and oxygen atoms in total. The largest absolute Gasteiger partial charge is 0.494 e. The first kappa shape index (κ1) is 19.7. The maximum atomic E-state index is 12.8. The number of carbonyl (C=O) groups is 1. The summed E-state index contributed by atoms with van der Waals surface area (Å²) in [4.78, 5) is 18.0. The summed E-state index contributed by atoms with van der Waals surface area (Å²) in [7, 11) is 0. The van der Waals surface area contributed by atoms with E-state index in [2.05, 4.69) is 20.9 Å². The average Bonchev–Trinajstić information content (AvgIpc) is 3.19. The van der Waals surface area contributed by atoms with Crippen molar-refractivity contribution < 1.29 is 9.53 Å². The number of carbonyl (C=O) groups excluding carboxylic acids is 1. The van der Waals surface area contributed by atoms with Crippen LogP contribution in [0.1, 0.15) is 30.0 Å². The summed E-state index contributed by atoms with van der Waals surface area (Å²) in [5.74, 6) is 1.53. The molecule has 2 heterocycles. The number of hydrogen-bond donors (Lipinski definition) is 0. The van der Waals surface area contributed by atoms with Gasteiger partial charge < -0.3 is 9.30 Å². The quantitative estimate of drug-likeness (QED) is 0.602. The van der Waals surface area contributed by atoms with Crippen LogP contribution in [0.25, 0.3) is 10.2 Å². The summed E-state index contributed by atoms with van der Waals surface area (Å²) in [5, 5.41) is 4.35. The normalized spacial score (nSPS) is 12.1. The fourth-order valence-corrected chi connectivity index (χ4v) is 4.34. The van der Waals surface area contributed by atoms with Crippen molar-refractivity contribution in [3.63, 3.8) is 0 Å². The van der Waals surface area contributed by atoms with Gasteiger partial charge in [0.1, 0.15) is 11.4 Å². The van der Waals surface area contributed by atoms with E-state index in [9.17, 15) is 4.79 Å². The number of aromatic nitrogens is 3. The van der Waals surface area contributed by atoms with E-state index in [4.69, 9.17) is 4.74 Å². The molecule has 2 aromatic heterocycles. The molecule has 0 unspecified atom stereocenters. The van der Waals surface area contributed by atoms with E-state index in [1.807, 2.05) is 39.0 Å². The Labute approximate surface area is 166 Å². The van der Waals surface area contributed by atoms with Gasteiger partial charge in [-0.15, -0.1) is 0 Å². The maximum absolute atomic E-state index is 12.8. The number of thioether (sulfide) groups is 1. The molecule has 144 valence electrons. The topological polar surface area (TPSA) is 61.4 Å². The van der Waals surface area contributed by atoms with Crippen molar-refractivity contribution in [2.24, 2.45) is 4.99 Å². The molecule has 0 aliphatic rings. The van der Waals surface area contributed by atoms with Crippen LogP contribution in [0.4, 0.5) is 0 Å². The lowest BCUT2D eigenvalue weighted by molar-refractivity contribution is 0.0987. The molecule has 0 atom stereocenters. The number of thiazole rings is 1. The molecule has 0 spiro atoms. The molecular formula is C19H24N4O2S2. The number of hydrogen-bond acceptors (Lipinski definition) is 5. The van der Waals surface area contributed by atoms with Gasteiger partial charge in [-0.25, -0.2) is 0 Å². The Hall–Kier alpha value is -2.06. The second kappa shape index (κ2) is 8.75. The zero-order chi connectivity index (χ0) is 19.4. The first-order valence-corrected chi connectivity index (χ1v) is 11.2. The smallest absolute Gasteiger partial charge is 0.297 e. The van der Waals surface area contributed by atoms with Gasteiger partial charge in [-0.05, 0) is 51.3 Å². The van der Waals surface area contributed by atoms with Gasteiger partial charge in [0.05, 0.1) is 22.5 Å². The molecule has 0 bridgehead atoms. The SMILES string of the molecule is CCOc1ccc2c(c1)sc(=NC(=O)c1cc(C)nn1CC)n2CCSC. The molecule has 0 radical (unpaired) electrons. The minimum Gasteiger partial charge on any atom is -0.494 e. The lowest BCUT2D eigenvalue weighted by Crippen LogP contribution is -2.19. The Morgan fingerprint density at radius 3 is 2.85 bits per heavy atom. The highest BCUT2D eigenvalue weighted by Crippen LogP contribution is 2.24. The third-order valence-corrected chi connectivity index (χ3v) is 5.73. The van der Waals surface area contributed by atoms with E-state index >= 15 is 0 Å². The second-order valence-electron chi connectivity index (χ2n) is 6.00. The van der Waals surface area contributed by atoms with E-state index in [0.717, 1.165) is 34.0 Å². The predicted octanol–water partition coefficient (Wildman–Crippen LogP) is 3.73. The Balaban J connectivity index is 2.10. The number of aryl methyl sites for hydroxylation is 3. The molecule has 8 heteroatoms. The van der Waals surface area contributed by atoms with Crippen LogP contribution < -0.4 is 9.54 Å². The van der Waals surface area contributed by atoms with Gasteiger partial charge in [-0.3, -0.25) is 9.48 Å². The molecule has 0 saturated heterocycles. The minimum atomic E-state index is -0.257. The van der Waals surface area contributed by atoms with Crippen LogP contribution in [0.2, 0.25) is 0 Å². The molecule has 3 aromatic rings. The summed E-state index contributed by atoms with van der Waals surface area (Å²) < 4.78 is 10.5. The van der Waals surface area contributed by atoms with E-state index in [0.29, 0.717) is 23.6 Å². The van der Waals surface area contributed by atoms with Crippen molar-refractivity contribution in [3.05, 3.63) is 40.5 Å². The van der Waals surface area contributed by atoms with Gasteiger partial charge in [-0.1, -0.05) is 11.3 Å². The number of nitrogens with zero attached hydrogens (tertiary/aromatic N) is 4. The first-order chi connectivity index (χ1) is 13.1. The zero-order valence-corrected chi connectivity index (χ0v) is 17.7. The molecule has 0 aliphatic heterocycles. The van der Waals surface area contributed by atoms with Crippen molar-refractivity contribution in [2.45, 2.75) is 33.9 Å². The number of rotatable bonds is 7. The van der Waals surface area contributed by atoms with Crippen LogP contribution in [0.3, 0.4) is 0 Å². The molecule has 1 aromatic carbocycles. The van der Waals surface area contributed by atoms with Gasteiger partial charge in [0.2, 0.25) is 0 Å². The average molecular weight is 405 g/mol. The van der Waals surface area contributed by atoms with Crippen molar-refractivity contribution in [1.29, 1.82) is 0 Å². The number of ether oxygens (including phenoxy) is 1. The molecular weight excluding hydrogens is 380 g/mol. The molecule has 0 aliphatic carbocycles. The van der Waals surface area contributed by atoms with Crippen molar-refractivity contribution in [1.82, 2.24) is 14.3 Å². The third kappa shape index (κ3) is 4.27. The lowest BCUT2D eigenvalue weighted by Gasteiger charge is -2.05. The summed E-state index contributed by atoms with van der Waals surface area (Å²) in [5.41, 5.74) is 2.42. The number of benzene rings is 1. The van der Waals surface area contributed by atoms with Crippen molar-refractivity contribution in [2.75, 3.05) is 18.6 Å². The van der Waals surface area contributed by atoms with Crippen LogP contribution in [-0.2, 0) is 13.1 Å². The van der Waals surface area contributed by atoms with Gasteiger partial charge in [0, 0.05) is 18.8 Å². The van der Waals surface area contributed by atoms with Crippen LogP contribution in [0.15, 0.2) is 29.3 Å². The fraction of sp³-hybridized carbons (Fsp3) is 0.421. The minimum absolute atomic E-state index is 0.257. The molecule has 3 rings (SSSR count). The Bertz CT molecular complexity index is 1020.